The first-order valence-corrected chi connectivity index (χ1v) is 3.81. The van der Waals surface area contributed by atoms with Gasteiger partial charge < -0.3 is 9.63 Å². The Hall–Kier alpha value is -2.06. The third-order valence-corrected chi connectivity index (χ3v) is 1.56. The summed E-state index contributed by atoms with van der Waals surface area (Å²) in [6.45, 7) is 1.22. The van der Waals surface area contributed by atoms with Gasteiger partial charge in [-0.15, -0.1) is 0 Å². The number of rotatable bonds is 2. The van der Waals surface area contributed by atoms with Crippen molar-refractivity contribution in [2.24, 2.45) is 0 Å². The molecule has 9 heteroatoms. The van der Waals surface area contributed by atoms with Crippen molar-refractivity contribution in [3.05, 3.63) is 11.3 Å². The third-order valence-electron chi connectivity index (χ3n) is 1.56. The molecule has 0 unspecified atom stereocenters. The summed E-state index contributed by atoms with van der Waals surface area (Å²) >= 11 is 0. The summed E-state index contributed by atoms with van der Waals surface area (Å²) in [5.74, 6) is -4.71. The Morgan fingerprint density at radius 1 is 1.44 bits per heavy atom. The lowest BCUT2D eigenvalue weighted by Crippen LogP contribution is -2.30. The molecule has 88 valence electrons. The fourth-order valence-electron chi connectivity index (χ4n) is 0.881. The molecule has 1 aromatic rings. The monoisotopic (exact) mass is 238 g/mol. The van der Waals surface area contributed by atoms with Crippen LogP contribution in [0.1, 0.15) is 16.1 Å². The molecule has 1 rings (SSSR count). The topological polar surface area (TPSA) is 92.4 Å². The lowest BCUT2D eigenvalue weighted by atomic mass is 10.2. The van der Waals surface area contributed by atoms with Crippen molar-refractivity contribution in [1.29, 1.82) is 0 Å². The van der Waals surface area contributed by atoms with Crippen LogP contribution in [0.3, 0.4) is 0 Å². The summed E-state index contributed by atoms with van der Waals surface area (Å²) in [4.78, 5) is 21.1. The van der Waals surface area contributed by atoms with Gasteiger partial charge in [-0.2, -0.15) is 13.2 Å². The number of hydrogen-bond donors (Lipinski definition) is 2. The van der Waals surface area contributed by atoms with Crippen molar-refractivity contribution in [2.75, 3.05) is 5.32 Å². The number of carboxylic acid groups (broad SMARTS) is 1. The highest BCUT2D eigenvalue weighted by molar-refractivity contribution is 6.01. The average Bonchev–Trinajstić information content (AvgIpc) is 2.45. The molecular formula is C7H5F3N2O4. The number of aryl methyl sites for hydroxylation is 1. The van der Waals surface area contributed by atoms with E-state index in [9.17, 15) is 22.8 Å². The SMILES string of the molecule is Cc1noc(NC(=O)C(F)(F)F)c1C(=O)O. The van der Waals surface area contributed by atoms with E-state index in [-0.39, 0.29) is 5.69 Å². The number of alkyl halides is 3. The fraction of sp³-hybridized carbons (Fsp3) is 0.286. The Kier molecular flexibility index (Phi) is 2.88. The van der Waals surface area contributed by atoms with E-state index in [4.69, 9.17) is 5.11 Å². The average molecular weight is 238 g/mol. The maximum atomic E-state index is 11.9. The Morgan fingerprint density at radius 3 is 2.44 bits per heavy atom. The van der Waals surface area contributed by atoms with E-state index in [1.54, 1.807) is 0 Å². The molecule has 0 atom stereocenters. The zero-order valence-corrected chi connectivity index (χ0v) is 7.75. The second-order valence-corrected chi connectivity index (χ2v) is 2.73. The number of aromatic nitrogens is 1. The number of halogens is 3. The van der Waals surface area contributed by atoms with E-state index < -0.39 is 29.5 Å². The zero-order chi connectivity index (χ0) is 12.5. The number of amides is 1. The van der Waals surface area contributed by atoms with E-state index in [2.05, 4.69) is 9.68 Å². The van der Waals surface area contributed by atoms with E-state index in [1.165, 1.54) is 12.2 Å². The van der Waals surface area contributed by atoms with E-state index in [0.717, 1.165) is 0 Å². The molecular weight excluding hydrogens is 233 g/mol. The van der Waals surface area contributed by atoms with Gasteiger partial charge in [0.05, 0.1) is 5.69 Å². The summed E-state index contributed by atoms with van der Waals surface area (Å²) in [5, 5.41) is 13.0. The molecule has 0 radical (unpaired) electrons. The van der Waals surface area contributed by atoms with Gasteiger partial charge in [0.15, 0.2) is 0 Å². The fourth-order valence-corrected chi connectivity index (χ4v) is 0.881. The van der Waals surface area contributed by atoms with Crippen LogP contribution in [-0.2, 0) is 4.79 Å². The van der Waals surface area contributed by atoms with Gasteiger partial charge in [-0.05, 0) is 6.92 Å². The molecule has 0 aromatic carbocycles. The van der Waals surface area contributed by atoms with Gasteiger partial charge in [0.1, 0.15) is 5.56 Å². The first-order chi connectivity index (χ1) is 7.23. The lowest BCUT2D eigenvalue weighted by Gasteiger charge is -2.04. The van der Waals surface area contributed by atoms with Gasteiger partial charge in [-0.1, -0.05) is 5.16 Å². The third kappa shape index (κ3) is 2.30. The Morgan fingerprint density at radius 2 is 2.00 bits per heavy atom. The maximum absolute atomic E-state index is 11.9. The van der Waals surface area contributed by atoms with E-state index >= 15 is 0 Å². The van der Waals surface area contributed by atoms with Crippen LogP contribution < -0.4 is 5.32 Å². The van der Waals surface area contributed by atoms with Crippen LogP contribution in [0.4, 0.5) is 19.1 Å². The van der Waals surface area contributed by atoms with Crippen LogP contribution in [0, 0.1) is 6.92 Å². The summed E-state index contributed by atoms with van der Waals surface area (Å²) in [5.41, 5.74) is -0.748. The number of carbonyl (C=O) groups excluding carboxylic acids is 1. The Bertz CT molecular complexity index is 437. The molecule has 16 heavy (non-hydrogen) atoms. The molecule has 0 aliphatic rings. The maximum Gasteiger partial charge on any atom is 0.471 e. The molecule has 0 saturated carbocycles. The largest absolute Gasteiger partial charge is 0.477 e. The Balaban J connectivity index is 2.99. The molecule has 0 spiro atoms. The molecule has 0 fully saturated rings. The van der Waals surface area contributed by atoms with Gasteiger partial charge in [-0.3, -0.25) is 10.1 Å². The number of nitrogens with zero attached hydrogens (tertiary/aromatic N) is 1. The summed E-state index contributed by atoms with van der Waals surface area (Å²) in [6, 6.07) is 0. The molecule has 1 amide bonds. The van der Waals surface area contributed by atoms with Crippen LogP contribution >= 0.6 is 0 Å². The smallest absolute Gasteiger partial charge is 0.471 e. The molecule has 0 saturated heterocycles. The quantitative estimate of drug-likeness (QED) is 0.806. The zero-order valence-electron chi connectivity index (χ0n) is 7.75. The summed E-state index contributed by atoms with van der Waals surface area (Å²) in [6.07, 6.45) is -5.13. The second kappa shape index (κ2) is 3.83. The van der Waals surface area contributed by atoms with E-state index in [1.807, 2.05) is 0 Å². The van der Waals surface area contributed by atoms with E-state index in [0.29, 0.717) is 0 Å². The standard InChI is InChI=1S/C7H5F3N2O4/c1-2-3(5(13)14)4(16-12-2)11-6(15)7(8,9)10/h1H3,(H,11,15)(H,13,14). The van der Waals surface area contributed by atoms with Crippen molar-refractivity contribution in [1.82, 2.24) is 5.16 Å². The van der Waals surface area contributed by atoms with Crippen molar-refractivity contribution < 1.29 is 32.4 Å². The van der Waals surface area contributed by atoms with Crippen molar-refractivity contribution in [3.63, 3.8) is 0 Å². The molecule has 0 bridgehead atoms. The van der Waals surface area contributed by atoms with Crippen molar-refractivity contribution >= 4 is 17.8 Å². The predicted octanol–water partition coefficient (Wildman–Crippen LogP) is 1.18. The van der Waals surface area contributed by atoms with Crippen LogP contribution in [0.25, 0.3) is 0 Å². The number of carboxylic acids is 1. The minimum atomic E-state index is -5.13. The number of hydrogen-bond acceptors (Lipinski definition) is 4. The highest BCUT2D eigenvalue weighted by atomic mass is 19.4. The van der Waals surface area contributed by atoms with Crippen LogP contribution in [0.5, 0.6) is 0 Å². The number of nitrogens with one attached hydrogen (secondary N) is 1. The first-order valence-electron chi connectivity index (χ1n) is 3.81. The van der Waals surface area contributed by atoms with Crippen LogP contribution in [0.15, 0.2) is 4.52 Å². The molecule has 6 nitrogen and oxygen atoms in total. The summed E-state index contributed by atoms with van der Waals surface area (Å²) in [7, 11) is 0. The van der Waals surface area contributed by atoms with Gasteiger partial charge in [-0.25, -0.2) is 4.79 Å². The second-order valence-electron chi connectivity index (χ2n) is 2.73. The molecule has 1 heterocycles. The highest BCUT2D eigenvalue weighted by Crippen LogP contribution is 2.22. The van der Waals surface area contributed by atoms with Crippen LogP contribution in [0.2, 0.25) is 0 Å². The molecule has 2 N–H and O–H groups in total. The first kappa shape index (κ1) is 12.0. The normalized spacial score (nSPS) is 11.2. The van der Waals surface area contributed by atoms with Gasteiger partial charge in [0.2, 0.25) is 5.88 Å². The van der Waals surface area contributed by atoms with Gasteiger partial charge in [0, 0.05) is 0 Å². The predicted molar refractivity (Wildman–Crippen MR) is 42.9 cm³/mol. The number of carbonyl (C=O) groups is 2. The molecule has 0 aliphatic carbocycles. The highest BCUT2D eigenvalue weighted by Gasteiger charge is 2.40. The van der Waals surface area contributed by atoms with Crippen molar-refractivity contribution in [2.45, 2.75) is 13.1 Å². The Labute approximate surface area is 86.0 Å². The lowest BCUT2D eigenvalue weighted by molar-refractivity contribution is -0.167. The van der Waals surface area contributed by atoms with Gasteiger partial charge in [0.25, 0.3) is 0 Å². The van der Waals surface area contributed by atoms with Crippen LogP contribution in [-0.4, -0.2) is 28.3 Å². The molecule has 1 aromatic heterocycles. The number of aromatic carboxylic acids is 1. The summed E-state index contributed by atoms with van der Waals surface area (Å²) < 4.78 is 39.8. The number of anilines is 1. The minimum absolute atomic E-state index is 0.134. The molecule has 0 aliphatic heterocycles. The van der Waals surface area contributed by atoms with Gasteiger partial charge >= 0.3 is 18.1 Å². The minimum Gasteiger partial charge on any atom is -0.477 e. The van der Waals surface area contributed by atoms with Crippen molar-refractivity contribution in [3.8, 4) is 0 Å².